The Hall–Kier alpha value is -6.62. The summed E-state index contributed by atoms with van der Waals surface area (Å²) in [5.74, 6) is 2.21. The lowest BCUT2D eigenvalue weighted by Crippen LogP contribution is -2.23. The second-order valence-electron chi connectivity index (χ2n) is 15.5. The summed E-state index contributed by atoms with van der Waals surface area (Å²) in [7, 11) is 0. The Kier molecular flexibility index (Phi) is 16.0. The van der Waals surface area contributed by atoms with E-state index in [1.54, 1.807) is 109 Å². The molecule has 0 aliphatic carbocycles. The van der Waals surface area contributed by atoms with Gasteiger partial charge in [0, 0.05) is 37.8 Å². The van der Waals surface area contributed by atoms with Gasteiger partial charge in [-0.1, -0.05) is 48.9 Å². The molecule has 0 atom stereocenters. The van der Waals surface area contributed by atoms with E-state index < -0.39 is 23.1 Å². The van der Waals surface area contributed by atoms with Crippen LogP contribution in [0.3, 0.4) is 0 Å². The van der Waals surface area contributed by atoms with Crippen LogP contribution in [-0.4, -0.2) is 62.7 Å². The predicted octanol–water partition coefficient (Wildman–Crippen LogP) is 13.4. The van der Waals surface area contributed by atoms with E-state index in [1.807, 2.05) is 6.92 Å². The number of benzene rings is 6. The molecule has 0 fully saturated rings. The van der Waals surface area contributed by atoms with Crippen LogP contribution in [0, 0.1) is 0 Å². The molecular formula is C53H46ClF3N2O8S2. The van der Waals surface area contributed by atoms with Gasteiger partial charge < -0.3 is 39.4 Å². The van der Waals surface area contributed by atoms with Crippen molar-refractivity contribution in [3.05, 3.63) is 165 Å². The van der Waals surface area contributed by atoms with Crippen molar-refractivity contribution in [2.45, 2.75) is 25.9 Å². The van der Waals surface area contributed by atoms with Gasteiger partial charge in [0.15, 0.2) is 11.5 Å². The highest BCUT2D eigenvalue weighted by Gasteiger charge is 2.36. The first-order valence-corrected chi connectivity index (χ1v) is 24.2. The molecule has 16 heteroatoms. The average Bonchev–Trinajstić information content (AvgIpc) is 3.89. The molecule has 0 aliphatic heterocycles. The third-order valence-corrected chi connectivity index (χ3v) is 13.3. The van der Waals surface area contributed by atoms with E-state index in [0.717, 1.165) is 36.9 Å². The Bertz CT molecular complexity index is 3050. The molecule has 8 rings (SSSR count). The number of hydrogen-bond donors (Lipinski definition) is 3. The van der Waals surface area contributed by atoms with Crippen LogP contribution in [0.5, 0.6) is 46.0 Å². The molecule has 0 bridgehead atoms. The second kappa shape index (κ2) is 22.7. The van der Waals surface area contributed by atoms with Gasteiger partial charge in [0.2, 0.25) is 11.6 Å². The van der Waals surface area contributed by atoms with Gasteiger partial charge in [-0.3, -0.25) is 9.59 Å². The molecule has 10 nitrogen and oxygen atoms in total. The van der Waals surface area contributed by atoms with Crippen LogP contribution in [0.15, 0.2) is 133 Å². The van der Waals surface area contributed by atoms with Crippen molar-refractivity contribution >= 4 is 66.0 Å². The molecule has 6 aromatic carbocycles. The molecule has 2 aromatic heterocycles. The molecule has 8 aromatic rings. The molecule has 0 aliphatic rings. The van der Waals surface area contributed by atoms with Crippen molar-refractivity contribution in [3.63, 3.8) is 0 Å². The Balaban J connectivity index is 0.846. The number of ketones is 2. The van der Waals surface area contributed by atoms with Crippen molar-refractivity contribution in [3.8, 4) is 46.0 Å². The van der Waals surface area contributed by atoms with Crippen molar-refractivity contribution in [1.82, 2.24) is 10.6 Å². The number of carbonyl (C=O) groups excluding carboxylic acids is 2. The van der Waals surface area contributed by atoms with Crippen LogP contribution >= 0.6 is 34.3 Å². The number of rotatable bonds is 23. The minimum atomic E-state index is -4.73. The highest BCUT2D eigenvalue weighted by Crippen LogP contribution is 2.45. The Morgan fingerprint density at radius 1 is 0.580 bits per heavy atom. The van der Waals surface area contributed by atoms with Gasteiger partial charge in [-0.2, -0.15) is 13.2 Å². The molecule has 0 spiro atoms. The van der Waals surface area contributed by atoms with Crippen LogP contribution in [0.4, 0.5) is 13.2 Å². The lowest BCUT2D eigenvalue weighted by Gasteiger charge is -2.13. The Morgan fingerprint density at radius 2 is 1.07 bits per heavy atom. The summed E-state index contributed by atoms with van der Waals surface area (Å²) in [5, 5.41) is 18.2. The molecule has 0 saturated heterocycles. The quantitative estimate of drug-likeness (QED) is 0.0421. The fourth-order valence-corrected chi connectivity index (χ4v) is 9.74. The SMILES string of the molecule is CCNCCCOc1ccc(Oc2c(C(=O)c3ccccc3C(F)(F)F)sc3cc(OCCNCCCOc4ccc(Oc5c(C(=O)c6ccccc6Cl)sc6cc(O)ccc56)cc4)ccc23)cc1. The summed E-state index contributed by atoms with van der Waals surface area (Å²) in [4.78, 5) is 28.0. The minimum Gasteiger partial charge on any atom is -0.508 e. The fourth-order valence-electron chi connectivity index (χ4n) is 7.29. The number of nitrogens with one attached hydrogen (secondary N) is 2. The average molecular weight is 996 g/mol. The molecule has 356 valence electrons. The van der Waals surface area contributed by atoms with E-state index in [-0.39, 0.29) is 22.2 Å². The van der Waals surface area contributed by atoms with E-state index in [4.69, 9.17) is 35.3 Å². The molecule has 0 amide bonds. The topological polar surface area (TPSA) is 125 Å². The van der Waals surface area contributed by atoms with Crippen molar-refractivity contribution in [2.24, 2.45) is 0 Å². The van der Waals surface area contributed by atoms with E-state index in [1.165, 1.54) is 29.5 Å². The number of fused-ring (bicyclic) bond motifs is 2. The lowest BCUT2D eigenvalue weighted by molar-refractivity contribution is -0.137. The zero-order chi connectivity index (χ0) is 48.3. The van der Waals surface area contributed by atoms with Gasteiger partial charge >= 0.3 is 6.18 Å². The van der Waals surface area contributed by atoms with Crippen LogP contribution < -0.4 is 34.3 Å². The minimum absolute atomic E-state index is 0.0299. The van der Waals surface area contributed by atoms with Gasteiger partial charge in [0.1, 0.15) is 50.9 Å². The third kappa shape index (κ3) is 12.2. The molecule has 2 heterocycles. The van der Waals surface area contributed by atoms with Crippen molar-refractivity contribution in [2.75, 3.05) is 46.0 Å². The van der Waals surface area contributed by atoms with Crippen LogP contribution in [0.25, 0.3) is 20.2 Å². The monoisotopic (exact) mass is 994 g/mol. The number of carbonyl (C=O) groups is 2. The van der Waals surface area contributed by atoms with Crippen LogP contribution in [0.1, 0.15) is 55.8 Å². The number of phenolic OH excluding ortho intramolecular Hbond substituents is 1. The van der Waals surface area contributed by atoms with E-state index in [9.17, 15) is 27.9 Å². The molecule has 69 heavy (non-hydrogen) atoms. The summed E-state index contributed by atoms with van der Waals surface area (Å²) < 4.78 is 73.8. The molecule has 0 radical (unpaired) electrons. The zero-order valence-corrected chi connectivity index (χ0v) is 39.6. The van der Waals surface area contributed by atoms with E-state index >= 15 is 0 Å². The third-order valence-electron chi connectivity index (χ3n) is 10.7. The normalized spacial score (nSPS) is 11.5. The van der Waals surface area contributed by atoms with Crippen LogP contribution in [0.2, 0.25) is 5.02 Å². The number of phenols is 1. The highest BCUT2D eigenvalue weighted by molar-refractivity contribution is 7.22. The van der Waals surface area contributed by atoms with E-state index in [2.05, 4.69) is 10.6 Å². The van der Waals surface area contributed by atoms with Gasteiger partial charge in [-0.25, -0.2) is 0 Å². The van der Waals surface area contributed by atoms with Gasteiger partial charge in [-0.15, -0.1) is 22.7 Å². The summed E-state index contributed by atoms with van der Waals surface area (Å²) in [6.45, 7) is 6.20. The smallest absolute Gasteiger partial charge is 0.417 e. The number of hydrogen-bond acceptors (Lipinski definition) is 12. The maximum atomic E-state index is 14.1. The number of thiophene rings is 2. The number of aromatic hydroxyl groups is 1. The molecule has 0 unspecified atom stereocenters. The number of halogens is 4. The molecule has 3 N–H and O–H groups in total. The van der Waals surface area contributed by atoms with Crippen LogP contribution in [-0.2, 0) is 6.18 Å². The zero-order valence-electron chi connectivity index (χ0n) is 37.2. The summed E-state index contributed by atoms with van der Waals surface area (Å²) in [5.41, 5.74) is -1.14. The summed E-state index contributed by atoms with van der Waals surface area (Å²) in [6.07, 6.45) is -3.20. The van der Waals surface area contributed by atoms with Gasteiger partial charge in [-0.05, 0) is 136 Å². The van der Waals surface area contributed by atoms with Crippen molar-refractivity contribution < 1.29 is 51.6 Å². The predicted molar refractivity (Wildman–Crippen MR) is 265 cm³/mol. The van der Waals surface area contributed by atoms with Gasteiger partial charge in [0.25, 0.3) is 0 Å². The first-order valence-electron chi connectivity index (χ1n) is 22.1. The number of alkyl halides is 3. The Labute approximate surface area is 409 Å². The molecule has 0 saturated carbocycles. The Morgan fingerprint density at radius 3 is 1.67 bits per heavy atom. The second-order valence-corrected chi connectivity index (χ2v) is 18.1. The number of ether oxygens (including phenoxy) is 5. The summed E-state index contributed by atoms with van der Waals surface area (Å²) in [6, 6.07) is 35.6. The largest absolute Gasteiger partial charge is 0.508 e. The lowest BCUT2D eigenvalue weighted by atomic mass is 10.0. The fraction of sp³-hybridized carbons (Fsp3) is 0.208. The van der Waals surface area contributed by atoms with Crippen molar-refractivity contribution in [1.29, 1.82) is 0 Å². The van der Waals surface area contributed by atoms with Gasteiger partial charge in [0.05, 0.1) is 23.8 Å². The maximum absolute atomic E-state index is 14.1. The first-order chi connectivity index (χ1) is 33.5. The maximum Gasteiger partial charge on any atom is 0.417 e. The first kappa shape index (κ1) is 48.8. The van der Waals surface area contributed by atoms with E-state index in [0.29, 0.717) is 109 Å². The molecular weight excluding hydrogens is 949 g/mol. The standard InChI is InChI=1S/C53H46ClF3N2O8S2/c1-2-58-25-7-28-63-34-14-20-37(21-15-34)67-50-42-24-22-38(32-46(42)69-51(50)47(61)39-9-3-5-11-43(39)53(55,56)57)65-30-27-59-26-8-29-64-35-16-18-36(19-17-35)66-49-41-23-13-33(60)31-45(41)68-52(49)48(62)40-10-4-6-12-44(40)54/h3-6,9-24,31-32,58-60H,2,7-8,25-30H2,1H3. The summed E-state index contributed by atoms with van der Waals surface area (Å²) >= 11 is 8.62. The highest BCUT2D eigenvalue weighted by atomic mass is 35.5.